The molecule has 0 rings (SSSR count). The predicted molar refractivity (Wildman–Crippen MR) is 90.6 cm³/mol. The van der Waals surface area contributed by atoms with E-state index in [-0.39, 0.29) is 77.3 Å². The van der Waals surface area contributed by atoms with Crippen molar-refractivity contribution >= 4 is 30.4 Å². The van der Waals surface area contributed by atoms with Crippen LogP contribution in [0.4, 0.5) is 0 Å². The molecular formula is C10H24KN2O12P4-3. The van der Waals surface area contributed by atoms with Crippen LogP contribution in [0.5, 0.6) is 0 Å². The van der Waals surface area contributed by atoms with Gasteiger partial charge in [0.1, 0.15) is 30.4 Å². The third kappa shape index (κ3) is 24.6. The molecule has 29 heavy (non-hydrogen) atoms. The first-order valence-corrected chi connectivity index (χ1v) is 15.0. The average Bonchev–Trinajstić information content (AvgIpc) is 2.34. The Morgan fingerprint density at radius 2 is 0.724 bits per heavy atom. The molecule has 0 heterocycles. The Labute approximate surface area is 211 Å². The number of unbranched alkanes of at least 4 members (excludes halogenated alkanes) is 3. The van der Waals surface area contributed by atoms with Crippen molar-refractivity contribution in [3.8, 4) is 0 Å². The van der Waals surface area contributed by atoms with Crippen molar-refractivity contribution in [2.45, 2.75) is 25.7 Å². The topological polar surface area (TPSA) is 248 Å². The van der Waals surface area contributed by atoms with Crippen molar-refractivity contribution in [1.29, 1.82) is 0 Å². The molecule has 4 atom stereocenters. The fourth-order valence-electron chi connectivity index (χ4n) is 2.41. The molecule has 0 aromatic carbocycles. The minimum atomic E-state index is -4.78. The molecule has 4 unspecified atom stereocenters. The van der Waals surface area contributed by atoms with Crippen molar-refractivity contribution in [1.82, 2.24) is 9.80 Å². The standard InChI is InChI=1S/C10H28N2O12P4.K/c13-25(14,15)7-11(8-26(16,17)18)5-3-1-2-4-6-12(9-27(19,20)21)10-28(22,23)24;/h1-10H2,(H2,13,14,15)(H2,16,17,18)(H2,19,20,21)(H2,22,23,24);/q;+1/p-4. The van der Waals surface area contributed by atoms with Gasteiger partial charge in [-0.1, -0.05) is 12.8 Å². The summed E-state index contributed by atoms with van der Waals surface area (Å²) in [5.41, 5.74) is 0. The van der Waals surface area contributed by atoms with E-state index in [9.17, 15) is 37.8 Å². The summed E-state index contributed by atoms with van der Waals surface area (Å²) in [5, 5.41) is 0. The Hall–Kier alpha value is 2.16. The molecule has 0 saturated heterocycles. The van der Waals surface area contributed by atoms with Gasteiger partial charge in [0.2, 0.25) is 0 Å². The van der Waals surface area contributed by atoms with E-state index in [2.05, 4.69) is 0 Å². The monoisotopic (exact) mass is 527 g/mol. The van der Waals surface area contributed by atoms with Gasteiger partial charge in [-0.2, -0.15) is 0 Å². The van der Waals surface area contributed by atoms with Crippen LogP contribution in [0.15, 0.2) is 0 Å². The second-order valence-corrected chi connectivity index (χ2v) is 12.5. The Bertz CT molecular complexity index is 553. The van der Waals surface area contributed by atoms with Crippen molar-refractivity contribution < 1.29 is 109 Å². The first-order valence-electron chi connectivity index (χ1n) is 7.92. The molecule has 0 radical (unpaired) electrons. The number of nitrogens with zero attached hydrogens (tertiary/aromatic N) is 2. The van der Waals surface area contributed by atoms with Gasteiger partial charge in [-0.3, -0.25) is 9.80 Å². The van der Waals surface area contributed by atoms with Crippen LogP contribution in [0.3, 0.4) is 0 Å². The summed E-state index contributed by atoms with van der Waals surface area (Å²) < 4.78 is 43.6. The van der Waals surface area contributed by atoms with E-state index in [1.165, 1.54) is 0 Å². The van der Waals surface area contributed by atoms with Gasteiger partial charge in [0, 0.05) is 0 Å². The fraction of sp³-hybridized carbons (Fsp3) is 1.00. The third-order valence-corrected chi connectivity index (χ3v) is 6.24. The first-order chi connectivity index (χ1) is 12.4. The van der Waals surface area contributed by atoms with Crippen molar-refractivity contribution in [2.24, 2.45) is 0 Å². The van der Waals surface area contributed by atoms with Gasteiger partial charge in [-0.25, -0.2) is 0 Å². The average molecular weight is 527 g/mol. The summed E-state index contributed by atoms with van der Waals surface area (Å²) >= 11 is 0. The Kier molecular flexibility index (Phi) is 16.6. The maximum atomic E-state index is 10.9. The largest absolute Gasteiger partial charge is 1.00 e. The second-order valence-electron chi connectivity index (χ2n) is 6.32. The predicted octanol–water partition coefficient (Wildman–Crippen LogP) is -5.83. The van der Waals surface area contributed by atoms with Gasteiger partial charge < -0.3 is 57.4 Å². The van der Waals surface area contributed by atoms with Gasteiger partial charge in [-0.05, 0) is 25.9 Å². The normalized spacial score (nSPS) is 20.3. The van der Waals surface area contributed by atoms with E-state index in [4.69, 9.17) is 19.6 Å². The SMILES string of the molecule is O=P([O-])(O)CN(CCCCCCN(CP(=O)([O-])O)CP(=O)([O-])O)CP(=O)([O-])O.[K+]. The van der Waals surface area contributed by atoms with Gasteiger partial charge in [-0.15, -0.1) is 0 Å². The Morgan fingerprint density at radius 3 is 0.897 bits per heavy atom. The first kappa shape index (κ1) is 33.3. The molecule has 19 heteroatoms. The smallest absolute Gasteiger partial charge is 0.778 e. The van der Waals surface area contributed by atoms with Crippen LogP contribution < -0.4 is 71.0 Å². The minimum absolute atomic E-state index is 0. The molecule has 0 aliphatic rings. The van der Waals surface area contributed by atoms with E-state index in [0.29, 0.717) is 12.8 Å². The zero-order valence-corrected chi connectivity index (χ0v) is 22.5. The molecule has 0 aliphatic heterocycles. The molecular weight excluding hydrogens is 503 g/mol. The van der Waals surface area contributed by atoms with E-state index in [1.54, 1.807) is 0 Å². The number of rotatable bonds is 15. The van der Waals surface area contributed by atoms with E-state index >= 15 is 0 Å². The second kappa shape index (κ2) is 14.4. The summed E-state index contributed by atoms with van der Waals surface area (Å²) in [4.78, 5) is 80.5. The van der Waals surface area contributed by atoms with Crippen LogP contribution in [0, 0.1) is 0 Å². The van der Waals surface area contributed by atoms with Crippen LogP contribution in [0.25, 0.3) is 0 Å². The summed E-state index contributed by atoms with van der Waals surface area (Å²) in [7, 11) is -19.1. The molecule has 0 saturated carbocycles. The van der Waals surface area contributed by atoms with E-state index < -0.39 is 55.5 Å². The Balaban J connectivity index is 0. The maximum Gasteiger partial charge on any atom is 1.00 e. The van der Waals surface area contributed by atoms with Crippen molar-refractivity contribution in [2.75, 3.05) is 38.2 Å². The van der Waals surface area contributed by atoms with Crippen LogP contribution in [0.2, 0.25) is 0 Å². The third-order valence-electron chi connectivity index (χ3n) is 3.21. The van der Waals surface area contributed by atoms with Crippen molar-refractivity contribution in [3.05, 3.63) is 0 Å². The maximum absolute atomic E-state index is 10.9. The molecule has 0 aromatic heterocycles. The van der Waals surface area contributed by atoms with Gasteiger partial charge in [0.15, 0.2) is 0 Å². The molecule has 170 valence electrons. The van der Waals surface area contributed by atoms with E-state index in [1.807, 2.05) is 0 Å². The summed E-state index contributed by atoms with van der Waals surface area (Å²) in [6, 6.07) is 0. The van der Waals surface area contributed by atoms with Gasteiger partial charge >= 0.3 is 51.4 Å². The molecule has 4 N–H and O–H groups in total. The zero-order valence-electron chi connectivity index (χ0n) is 15.8. The number of hydrogen-bond acceptors (Lipinski definition) is 10. The molecule has 0 aromatic rings. The fourth-order valence-corrected chi connectivity index (χ4v) is 5.71. The zero-order chi connectivity index (χ0) is 22.2. The quantitative estimate of drug-likeness (QED) is 0.0880. The van der Waals surface area contributed by atoms with Crippen LogP contribution in [0.1, 0.15) is 25.7 Å². The summed E-state index contributed by atoms with van der Waals surface area (Å²) in [6.45, 7) is -0.163. The number of hydrogen-bond donors (Lipinski definition) is 4. The van der Waals surface area contributed by atoms with E-state index in [0.717, 1.165) is 9.80 Å². The molecule has 0 spiro atoms. The molecule has 0 amide bonds. The van der Waals surface area contributed by atoms with Crippen LogP contribution in [-0.4, -0.2) is 67.6 Å². The molecule has 0 aliphatic carbocycles. The van der Waals surface area contributed by atoms with Crippen LogP contribution in [-0.2, 0) is 18.3 Å². The molecule has 14 nitrogen and oxygen atoms in total. The van der Waals surface area contributed by atoms with Crippen LogP contribution >= 0.6 is 30.4 Å². The summed E-state index contributed by atoms with van der Waals surface area (Å²) in [5.74, 6) is 0. The van der Waals surface area contributed by atoms with Gasteiger partial charge in [0.25, 0.3) is 0 Å². The molecule has 0 bridgehead atoms. The summed E-state index contributed by atoms with van der Waals surface area (Å²) in [6.07, 6.45) is -2.52. The minimum Gasteiger partial charge on any atom is -0.778 e. The van der Waals surface area contributed by atoms with Crippen molar-refractivity contribution in [3.63, 3.8) is 0 Å². The molecule has 0 fully saturated rings. The van der Waals surface area contributed by atoms with Gasteiger partial charge in [0.05, 0.1) is 25.1 Å². The Morgan fingerprint density at radius 1 is 0.517 bits per heavy atom.